The number of carbonyl (C=O) groups is 1. The molecule has 5 N–H and O–H groups in total. The maximum absolute atomic E-state index is 12.0. The molecule has 3 aliphatic rings. The van der Waals surface area contributed by atoms with Crippen molar-refractivity contribution in [2.24, 2.45) is 5.92 Å². The minimum absolute atomic E-state index is 0.507. The van der Waals surface area contributed by atoms with E-state index in [1.165, 1.54) is 12.2 Å². The van der Waals surface area contributed by atoms with Crippen molar-refractivity contribution in [3.63, 3.8) is 0 Å². The highest BCUT2D eigenvalue weighted by Crippen LogP contribution is 2.41. The minimum Gasteiger partial charge on any atom is -0.472 e. The highest BCUT2D eigenvalue weighted by molar-refractivity contribution is 6.02. The van der Waals surface area contributed by atoms with Gasteiger partial charge in [-0.2, -0.15) is 0 Å². The molecule has 0 spiro atoms. The van der Waals surface area contributed by atoms with Crippen LogP contribution in [0.1, 0.15) is 6.92 Å². The van der Waals surface area contributed by atoms with Gasteiger partial charge in [0, 0.05) is 0 Å². The van der Waals surface area contributed by atoms with Crippen molar-refractivity contribution in [2.45, 2.75) is 49.5 Å². The van der Waals surface area contributed by atoms with Crippen LogP contribution in [-0.2, 0) is 19.0 Å². The molecule has 1 fully saturated rings. The van der Waals surface area contributed by atoms with Crippen LogP contribution in [0.25, 0.3) is 0 Å². The average Bonchev–Trinajstić information content (AvgIpc) is 2.78. The van der Waals surface area contributed by atoms with Crippen molar-refractivity contribution in [2.75, 3.05) is 6.61 Å². The fourth-order valence-corrected chi connectivity index (χ4v) is 3.24. The van der Waals surface area contributed by atoms with E-state index in [0.29, 0.717) is 5.57 Å². The molecule has 134 valence electrons. The van der Waals surface area contributed by atoms with Gasteiger partial charge in [0.2, 0.25) is 6.29 Å². The van der Waals surface area contributed by atoms with Crippen LogP contribution in [0.15, 0.2) is 24.0 Å². The lowest BCUT2D eigenvalue weighted by molar-refractivity contribution is -0.342. The first kappa shape index (κ1) is 17.5. The second-order valence-corrected chi connectivity index (χ2v) is 6.20. The van der Waals surface area contributed by atoms with Gasteiger partial charge in [0.05, 0.1) is 18.8 Å². The largest absolute Gasteiger partial charge is 0.472 e. The van der Waals surface area contributed by atoms with Crippen LogP contribution >= 0.6 is 0 Å². The van der Waals surface area contributed by atoms with E-state index in [1.807, 2.05) is 0 Å². The molecule has 24 heavy (non-hydrogen) atoms. The Hall–Kier alpha value is -1.33. The van der Waals surface area contributed by atoms with Gasteiger partial charge in [0.25, 0.3) is 0 Å². The smallest absolute Gasteiger partial charge is 0.211 e. The molecule has 9 nitrogen and oxygen atoms in total. The molecule has 0 aromatic carbocycles. The maximum atomic E-state index is 12.0. The van der Waals surface area contributed by atoms with Gasteiger partial charge in [-0.05, 0) is 19.1 Å². The summed E-state index contributed by atoms with van der Waals surface area (Å²) in [6, 6.07) is 0. The van der Waals surface area contributed by atoms with Crippen molar-refractivity contribution < 1.29 is 44.5 Å². The Labute approximate surface area is 137 Å². The quantitative estimate of drug-likeness (QED) is 0.376. The Morgan fingerprint density at radius 3 is 2.58 bits per heavy atom. The molecule has 1 aliphatic carbocycles. The van der Waals surface area contributed by atoms with Crippen molar-refractivity contribution in [3.05, 3.63) is 24.0 Å². The zero-order chi connectivity index (χ0) is 17.6. The molecular formula is C15H20O9. The third-order valence-electron chi connectivity index (χ3n) is 4.64. The second kappa shape index (κ2) is 6.19. The van der Waals surface area contributed by atoms with Gasteiger partial charge in [0.15, 0.2) is 17.7 Å². The molecule has 0 radical (unpaired) electrons. The third-order valence-corrected chi connectivity index (χ3v) is 4.64. The molecule has 0 bridgehead atoms. The number of carbonyl (C=O) groups excluding carboxylic acids is 1. The first-order chi connectivity index (χ1) is 11.3. The summed E-state index contributed by atoms with van der Waals surface area (Å²) in [6.45, 7) is 1.04. The highest BCUT2D eigenvalue weighted by Gasteiger charge is 2.55. The lowest BCUT2D eigenvalue weighted by Gasteiger charge is -2.43. The summed E-state index contributed by atoms with van der Waals surface area (Å²) in [6.07, 6.45) is -4.80. The van der Waals surface area contributed by atoms with Gasteiger partial charge < -0.3 is 39.7 Å². The first-order valence-electron chi connectivity index (χ1n) is 7.53. The number of ether oxygens (including phenoxy) is 3. The second-order valence-electron chi connectivity index (χ2n) is 6.20. The van der Waals surface area contributed by atoms with E-state index in [4.69, 9.17) is 14.2 Å². The predicted octanol–water partition coefficient (Wildman–Crippen LogP) is -2.45. The number of ketones is 1. The first-order valence-corrected chi connectivity index (χ1v) is 7.53. The number of hydrogen-bond donors (Lipinski definition) is 5. The van der Waals surface area contributed by atoms with Crippen molar-refractivity contribution >= 4 is 5.78 Å². The Balaban J connectivity index is 1.79. The lowest BCUT2D eigenvalue weighted by atomic mass is 9.84. The van der Waals surface area contributed by atoms with Gasteiger partial charge in [-0.15, -0.1) is 0 Å². The summed E-state index contributed by atoms with van der Waals surface area (Å²) in [5.41, 5.74) is -1.28. The van der Waals surface area contributed by atoms with Gasteiger partial charge in [-0.1, -0.05) is 5.57 Å². The summed E-state index contributed by atoms with van der Waals surface area (Å²) < 4.78 is 16.1. The molecular weight excluding hydrogens is 324 g/mol. The van der Waals surface area contributed by atoms with Crippen LogP contribution in [0.2, 0.25) is 0 Å². The highest BCUT2D eigenvalue weighted by atomic mass is 16.8. The third kappa shape index (κ3) is 2.58. The van der Waals surface area contributed by atoms with E-state index < -0.39 is 60.9 Å². The van der Waals surface area contributed by atoms with Crippen molar-refractivity contribution in [1.29, 1.82) is 0 Å². The van der Waals surface area contributed by atoms with Crippen LogP contribution in [0.3, 0.4) is 0 Å². The van der Waals surface area contributed by atoms with E-state index in [0.717, 1.165) is 6.26 Å². The average molecular weight is 344 g/mol. The molecule has 0 aromatic rings. The van der Waals surface area contributed by atoms with Crippen LogP contribution < -0.4 is 0 Å². The summed E-state index contributed by atoms with van der Waals surface area (Å²) in [5, 5.41) is 49.3. The molecule has 9 heteroatoms. The molecule has 2 aliphatic heterocycles. The molecule has 2 heterocycles. The normalized spacial score (nSPS) is 48.0. The number of aliphatic hydroxyl groups excluding tert-OH is 4. The lowest BCUT2D eigenvalue weighted by Crippen LogP contribution is -2.61. The molecule has 0 unspecified atom stereocenters. The number of aliphatic hydroxyl groups is 5. The van der Waals surface area contributed by atoms with Crippen LogP contribution in [0.4, 0.5) is 0 Å². The van der Waals surface area contributed by atoms with E-state index in [-0.39, 0.29) is 0 Å². The van der Waals surface area contributed by atoms with Gasteiger partial charge >= 0.3 is 0 Å². The van der Waals surface area contributed by atoms with Gasteiger partial charge in [0.1, 0.15) is 24.4 Å². The van der Waals surface area contributed by atoms with Crippen molar-refractivity contribution in [1.82, 2.24) is 0 Å². The standard InChI is InChI=1S/C15H20O9/c1-6-4-8(17)15(21)2-3-22-13(9(6)15)24-14-12(20)11(19)10(18)7(5-16)23-14/h2-4,7,9-14,16,18-21H,5H2,1H3/t7-,9-,10+,11-,12+,13-,14+,15+/m0/s1. The topological polar surface area (TPSA) is 146 Å². The fraction of sp³-hybridized carbons (Fsp3) is 0.667. The van der Waals surface area contributed by atoms with E-state index in [1.54, 1.807) is 6.92 Å². The predicted molar refractivity (Wildman–Crippen MR) is 76.1 cm³/mol. The Kier molecular flexibility index (Phi) is 4.51. The maximum Gasteiger partial charge on any atom is 0.211 e. The molecule has 0 saturated carbocycles. The monoisotopic (exact) mass is 344 g/mol. The molecule has 0 amide bonds. The van der Waals surface area contributed by atoms with Crippen LogP contribution in [0.5, 0.6) is 0 Å². The van der Waals surface area contributed by atoms with Crippen LogP contribution in [0, 0.1) is 5.92 Å². The number of rotatable bonds is 3. The molecule has 1 saturated heterocycles. The summed E-state index contributed by atoms with van der Waals surface area (Å²) in [4.78, 5) is 12.0. The minimum atomic E-state index is -1.80. The van der Waals surface area contributed by atoms with E-state index >= 15 is 0 Å². The summed E-state index contributed by atoms with van der Waals surface area (Å²) >= 11 is 0. The SMILES string of the molecule is CC1=CC(=O)[C@]2(O)C=CO[C@@H](O[C@H]3O[C@@H](CO)[C@@H](O)[C@H](O)[C@H]3O)[C@H]12. The molecule has 8 atom stereocenters. The zero-order valence-electron chi connectivity index (χ0n) is 12.8. The van der Waals surface area contributed by atoms with E-state index in [2.05, 4.69) is 0 Å². The number of hydrogen-bond acceptors (Lipinski definition) is 9. The zero-order valence-corrected chi connectivity index (χ0v) is 12.8. The fourth-order valence-electron chi connectivity index (χ4n) is 3.24. The van der Waals surface area contributed by atoms with Crippen LogP contribution in [-0.4, -0.2) is 80.5 Å². The van der Waals surface area contributed by atoms with E-state index in [9.17, 15) is 30.3 Å². The molecule has 3 rings (SSSR count). The van der Waals surface area contributed by atoms with Crippen molar-refractivity contribution in [3.8, 4) is 0 Å². The Morgan fingerprint density at radius 2 is 1.92 bits per heavy atom. The Bertz CT molecular complexity index is 571. The molecule has 0 aromatic heterocycles. The Morgan fingerprint density at radius 1 is 1.21 bits per heavy atom. The van der Waals surface area contributed by atoms with Gasteiger partial charge in [-0.3, -0.25) is 4.79 Å². The summed E-state index contributed by atoms with van der Waals surface area (Å²) in [5.74, 6) is -1.35. The van der Waals surface area contributed by atoms with Gasteiger partial charge in [-0.25, -0.2) is 0 Å². The number of fused-ring (bicyclic) bond motifs is 1. The summed E-state index contributed by atoms with van der Waals surface area (Å²) in [7, 11) is 0.